The van der Waals surface area contributed by atoms with E-state index in [1.165, 1.54) is 19.3 Å². The van der Waals surface area contributed by atoms with Crippen molar-refractivity contribution >= 4 is 45.0 Å². The number of nitrogens with zero attached hydrogens (tertiary/aromatic N) is 2. The highest BCUT2D eigenvalue weighted by atomic mass is 35.5. The predicted octanol–water partition coefficient (Wildman–Crippen LogP) is 5.95. The maximum Gasteiger partial charge on any atom is 0.270 e. The Hall–Kier alpha value is -2.31. The second kappa shape index (κ2) is 10.1. The quantitative estimate of drug-likeness (QED) is 0.473. The molecule has 180 valence electrons. The van der Waals surface area contributed by atoms with Crippen molar-refractivity contribution in [2.75, 3.05) is 13.1 Å². The van der Waals surface area contributed by atoms with Gasteiger partial charge in [0.2, 0.25) is 5.91 Å². The molecule has 0 unspecified atom stereocenters. The standard InChI is InChI=1S/C27H32ClN3O2S/c1-18-4-2-3-5-22(18)29-26(32)20-10-13-30(14-11-20)27(33)24-16-25-23(12-15-34-25)31(24)17-19-6-8-21(28)9-7-19/h6-9,12,15-16,18,20,22H,2-5,10-11,13-14,17H2,1H3,(H,29,32)/t18-,22+/m0/s1. The Morgan fingerprint density at radius 1 is 1.06 bits per heavy atom. The number of benzene rings is 1. The molecule has 0 radical (unpaired) electrons. The molecule has 7 heteroatoms. The van der Waals surface area contributed by atoms with E-state index < -0.39 is 0 Å². The average molecular weight is 498 g/mol. The van der Waals surface area contributed by atoms with Gasteiger partial charge in [0, 0.05) is 36.6 Å². The fourth-order valence-electron chi connectivity index (χ4n) is 5.44. The summed E-state index contributed by atoms with van der Waals surface area (Å²) in [6, 6.07) is 12.2. The van der Waals surface area contributed by atoms with Gasteiger partial charge < -0.3 is 14.8 Å². The highest BCUT2D eigenvalue weighted by Gasteiger charge is 2.31. The number of piperidine rings is 1. The van der Waals surface area contributed by atoms with E-state index >= 15 is 0 Å². The summed E-state index contributed by atoms with van der Waals surface area (Å²) in [5.74, 6) is 0.791. The Bertz CT molecular complexity index is 1160. The van der Waals surface area contributed by atoms with Crippen molar-refractivity contribution in [3.05, 3.63) is 58.1 Å². The lowest BCUT2D eigenvalue weighted by Crippen LogP contribution is -2.47. The van der Waals surface area contributed by atoms with Crippen molar-refractivity contribution in [1.29, 1.82) is 0 Å². The number of hydrogen-bond acceptors (Lipinski definition) is 3. The van der Waals surface area contributed by atoms with Gasteiger partial charge >= 0.3 is 0 Å². The third-order valence-electron chi connectivity index (χ3n) is 7.59. The van der Waals surface area contributed by atoms with Gasteiger partial charge in [-0.05, 0) is 66.8 Å². The van der Waals surface area contributed by atoms with Crippen LogP contribution in [-0.2, 0) is 11.3 Å². The topological polar surface area (TPSA) is 54.3 Å². The van der Waals surface area contributed by atoms with E-state index in [0.717, 1.165) is 40.7 Å². The Labute approximate surface area is 210 Å². The van der Waals surface area contributed by atoms with Crippen molar-refractivity contribution < 1.29 is 9.59 Å². The van der Waals surface area contributed by atoms with Crippen LogP contribution in [0.15, 0.2) is 41.8 Å². The van der Waals surface area contributed by atoms with E-state index in [-0.39, 0.29) is 17.7 Å². The number of likely N-dealkylation sites (tertiary alicyclic amines) is 1. The zero-order valence-electron chi connectivity index (χ0n) is 19.6. The molecule has 1 N–H and O–H groups in total. The maximum absolute atomic E-state index is 13.6. The molecular formula is C27H32ClN3O2S. The first-order chi connectivity index (χ1) is 16.5. The summed E-state index contributed by atoms with van der Waals surface area (Å²) < 4.78 is 3.23. The number of thiophene rings is 1. The highest BCUT2D eigenvalue weighted by Crippen LogP contribution is 2.29. The van der Waals surface area contributed by atoms with E-state index in [0.29, 0.717) is 36.6 Å². The van der Waals surface area contributed by atoms with Crippen molar-refractivity contribution in [2.24, 2.45) is 11.8 Å². The van der Waals surface area contributed by atoms with Gasteiger partial charge in [-0.3, -0.25) is 9.59 Å². The smallest absolute Gasteiger partial charge is 0.270 e. The molecule has 5 rings (SSSR count). The predicted molar refractivity (Wildman–Crippen MR) is 139 cm³/mol. The molecule has 1 aromatic carbocycles. The molecule has 1 aliphatic heterocycles. The first kappa shape index (κ1) is 23.4. The van der Waals surface area contributed by atoms with Crippen LogP contribution in [0.25, 0.3) is 10.2 Å². The van der Waals surface area contributed by atoms with Gasteiger partial charge in [-0.2, -0.15) is 0 Å². The van der Waals surface area contributed by atoms with Crippen LogP contribution in [0.5, 0.6) is 0 Å². The van der Waals surface area contributed by atoms with E-state index in [1.807, 2.05) is 35.2 Å². The number of carbonyl (C=O) groups excluding carboxylic acids is 2. The molecule has 5 nitrogen and oxygen atoms in total. The van der Waals surface area contributed by atoms with Gasteiger partial charge in [0.15, 0.2) is 0 Å². The molecule has 2 atom stereocenters. The monoisotopic (exact) mass is 497 g/mol. The Balaban J connectivity index is 1.26. The molecule has 0 bridgehead atoms. The lowest BCUT2D eigenvalue weighted by Gasteiger charge is -2.34. The average Bonchev–Trinajstić information content (AvgIpc) is 3.44. The lowest BCUT2D eigenvalue weighted by atomic mass is 9.85. The van der Waals surface area contributed by atoms with Crippen LogP contribution in [0, 0.1) is 11.8 Å². The molecule has 1 aliphatic carbocycles. The number of aromatic nitrogens is 1. The summed E-state index contributed by atoms with van der Waals surface area (Å²) in [4.78, 5) is 28.4. The van der Waals surface area contributed by atoms with E-state index in [4.69, 9.17) is 11.6 Å². The largest absolute Gasteiger partial charge is 0.353 e. The molecule has 2 amide bonds. The number of hydrogen-bond donors (Lipinski definition) is 1. The van der Waals surface area contributed by atoms with E-state index in [9.17, 15) is 9.59 Å². The molecule has 1 saturated heterocycles. The van der Waals surface area contributed by atoms with Crippen molar-refractivity contribution in [3.63, 3.8) is 0 Å². The number of nitrogens with one attached hydrogen (secondary N) is 1. The van der Waals surface area contributed by atoms with Crippen molar-refractivity contribution in [2.45, 2.75) is 58.0 Å². The number of amides is 2. The Morgan fingerprint density at radius 2 is 1.79 bits per heavy atom. The molecule has 2 aromatic heterocycles. The second-order valence-electron chi connectivity index (χ2n) is 9.86. The zero-order chi connectivity index (χ0) is 23.7. The summed E-state index contributed by atoms with van der Waals surface area (Å²) in [7, 11) is 0. The number of carbonyl (C=O) groups is 2. The molecule has 2 fully saturated rings. The minimum Gasteiger partial charge on any atom is -0.353 e. The van der Waals surface area contributed by atoms with E-state index in [1.54, 1.807) is 11.3 Å². The van der Waals surface area contributed by atoms with Crippen LogP contribution >= 0.6 is 22.9 Å². The van der Waals surface area contributed by atoms with Crippen LogP contribution in [0.2, 0.25) is 5.02 Å². The molecule has 1 saturated carbocycles. The van der Waals surface area contributed by atoms with Gasteiger partial charge in [0.1, 0.15) is 5.69 Å². The summed E-state index contributed by atoms with van der Waals surface area (Å²) >= 11 is 7.71. The zero-order valence-corrected chi connectivity index (χ0v) is 21.2. The molecule has 2 aliphatic rings. The molecule has 3 heterocycles. The summed E-state index contributed by atoms with van der Waals surface area (Å²) in [5, 5.41) is 6.08. The first-order valence-corrected chi connectivity index (χ1v) is 13.7. The van der Waals surface area contributed by atoms with Crippen molar-refractivity contribution in [3.8, 4) is 0 Å². The van der Waals surface area contributed by atoms with Gasteiger partial charge in [-0.1, -0.05) is 43.5 Å². The fourth-order valence-corrected chi connectivity index (χ4v) is 6.38. The van der Waals surface area contributed by atoms with Gasteiger partial charge in [0.05, 0.1) is 10.2 Å². The summed E-state index contributed by atoms with van der Waals surface area (Å²) in [5.41, 5.74) is 2.91. The Morgan fingerprint density at radius 3 is 2.53 bits per heavy atom. The number of fused-ring (bicyclic) bond motifs is 1. The minimum atomic E-state index is 0.00234. The highest BCUT2D eigenvalue weighted by molar-refractivity contribution is 7.17. The maximum atomic E-state index is 13.6. The van der Waals surface area contributed by atoms with Gasteiger partial charge in [-0.15, -0.1) is 11.3 Å². The van der Waals surface area contributed by atoms with Gasteiger partial charge in [0.25, 0.3) is 5.91 Å². The van der Waals surface area contributed by atoms with Crippen LogP contribution < -0.4 is 5.32 Å². The minimum absolute atomic E-state index is 0.00234. The molecule has 3 aromatic rings. The SMILES string of the molecule is C[C@H]1CCCC[C@H]1NC(=O)C1CCN(C(=O)c2cc3sccc3n2Cc2ccc(Cl)cc2)CC1. The van der Waals surface area contributed by atoms with E-state index in [2.05, 4.69) is 28.3 Å². The molecular weight excluding hydrogens is 466 g/mol. The molecule has 0 spiro atoms. The normalized spacial score (nSPS) is 21.6. The lowest BCUT2D eigenvalue weighted by molar-refractivity contribution is -0.127. The van der Waals surface area contributed by atoms with Gasteiger partial charge in [-0.25, -0.2) is 0 Å². The number of rotatable bonds is 5. The number of halogens is 1. The molecule has 34 heavy (non-hydrogen) atoms. The third kappa shape index (κ3) is 4.89. The first-order valence-electron chi connectivity index (χ1n) is 12.4. The van der Waals surface area contributed by atoms with Crippen LogP contribution in [0.4, 0.5) is 0 Å². The second-order valence-corrected chi connectivity index (χ2v) is 11.2. The fraction of sp³-hybridized carbons (Fsp3) is 0.481. The third-order valence-corrected chi connectivity index (χ3v) is 8.69. The summed E-state index contributed by atoms with van der Waals surface area (Å²) in [6.07, 6.45) is 6.22. The van der Waals surface area contributed by atoms with Crippen LogP contribution in [-0.4, -0.2) is 40.4 Å². The Kier molecular flexibility index (Phi) is 6.98. The van der Waals surface area contributed by atoms with Crippen LogP contribution in [0.1, 0.15) is 61.5 Å². The summed E-state index contributed by atoms with van der Waals surface area (Å²) in [6.45, 7) is 4.11. The van der Waals surface area contributed by atoms with Crippen molar-refractivity contribution in [1.82, 2.24) is 14.8 Å². The van der Waals surface area contributed by atoms with Crippen LogP contribution in [0.3, 0.4) is 0 Å².